The predicted molar refractivity (Wildman–Crippen MR) is 96.8 cm³/mol. The molecule has 7 nitrogen and oxygen atoms in total. The zero-order valence-corrected chi connectivity index (χ0v) is 14.6. The van der Waals surface area contributed by atoms with Crippen molar-refractivity contribution in [1.29, 1.82) is 0 Å². The number of rotatable bonds is 6. The van der Waals surface area contributed by atoms with Crippen molar-refractivity contribution in [1.82, 2.24) is 9.78 Å². The molecule has 1 aromatic heterocycles. The molecule has 0 aliphatic rings. The molecule has 1 aromatic carbocycles. The van der Waals surface area contributed by atoms with Gasteiger partial charge in [0.1, 0.15) is 5.69 Å². The summed E-state index contributed by atoms with van der Waals surface area (Å²) in [7, 11) is 0. The van der Waals surface area contributed by atoms with E-state index in [1.165, 1.54) is 23.7 Å². The first kappa shape index (κ1) is 18.4. The van der Waals surface area contributed by atoms with Crippen LogP contribution in [0.5, 0.6) is 0 Å². The number of anilines is 2. The first-order valence-electron chi connectivity index (χ1n) is 8.19. The van der Waals surface area contributed by atoms with E-state index in [0.717, 1.165) is 18.4 Å². The normalized spacial score (nSPS) is 10.4. The number of nitrogens with one attached hydrogen (secondary N) is 2. The van der Waals surface area contributed by atoms with Crippen LogP contribution in [0.25, 0.3) is 0 Å². The predicted octanol–water partition coefficient (Wildman–Crippen LogP) is 2.56. The number of amides is 2. The van der Waals surface area contributed by atoms with Crippen molar-refractivity contribution in [2.24, 2.45) is 0 Å². The molecule has 2 aromatic rings. The molecule has 7 heteroatoms. The number of unbranched alkanes of at least 4 members (excludes halogenated alkanes) is 1. The number of carbonyl (C=O) groups is 2. The van der Waals surface area contributed by atoms with E-state index in [4.69, 9.17) is 0 Å². The van der Waals surface area contributed by atoms with E-state index in [1.54, 1.807) is 25.1 Å². The summed E-state index contributed by atoms with van der Waals surface area (Å²) >= 11 is 0. The molecule has 0 aliphatic carbocycles. The topological polar surface area (TPSA) is 93.1 Å². The lowest BCUT2D eigenvalue weighted by molar-refractivity contribution is -0.114. The van der Waals surface area contributed by atoms with Gasteiger partial charge in [0.05, 0.1) is 0 Å². The Bertz CT molecular complexity index is 842. The molecule has 0 atom stereocenters. The average Bonchev–Trinajstić information content (AvgIpc) is 2.57. The number of carbonyl (C=O) groups excluding carboxylic acids is 2. The van der Waals surface area contributed by atoms with E-state index in [-0.39, 0.29) is 17.2 Å². The molecule has 0 unspecified atom stereocenters. The molecule has 0 bridgehead atoms. The minimum absolute atomic E-state index is 0.167. The van der Waals surface area contributed by atoms with Crippen molar-refractivity contribution in [2.45, 2.75) is 40.2 Å². The van der Waals surface area contributed by atoms with Gasteiger partial charge in [-0.05, 0) is 37.1 Å². The van der Waals surface area contributed by atoms with Crippen molar-refractivity contribution in [3.8, 4) is 0 Å². The first-order chi connectivity index (χ1) is 11.9. The van der Waals surface area contributed by atoms with Gasteiger partial charge in [-0.15, -0.1) is 0 Å². The van der Waals surface area contributed by atoms with E-state index in [2.05, 4.69) is 15.7 Å². The lowest BCUT2D eigenvalue weighted by Crippen LogP contribution is -2.26. The Kier molecular flexibility index (Phi) is 6.05. The van der Waals surface area contributed by atoms with Crippen LogP contribution in [0.3, 0.4) is 0 Å². The Balaban J connectivity index is 2.22. The summed E-state index contributed by atoms with van der Waals surface area (Å²) in [5, 5.41) is 9.62. The molecule has 0 fully saturated rings. The van der Waals surface area contributed by atoms with E-state index in [1.807, 2.05) is 6.92 Å². The second-order valence-corrected chi connectivity index (χ2v) is 5.75. The third-order valence-electron chi connectivity index (χ3n) is 3.72. The summed E-state index contributed by atoms with van der Waals surface area (Å²) < 4.78 is 1.30. The summed E-state index contributed by atoms with van der Waals surface area (Å²) in [4.78, 5) is 35.5. The lowest BCUT2D eigenvalue weighted by atomic mass is 10.1. The number of aryl methyl sites for hydroxylation is 1. The van der Waals surface area contributed by atoms with Crippen molar-refractivity contribution < 1.29 is 9.59 Å². The van der Waals surface area contributed by atoms with Gasteiger partial charge >= 0.3 is 0 Å². The van der Waals surface area contributed by atoms with Crippen LogP contribution in [0.2, 0.25) is 0 Å². The minimum atomic E-state index is -0.409. The van der Waals surface area contributed by atoms with Gasteiger partial charge in [-0.3, -0.25) is 14.4 Å². The quantitative estimate of drug-likeness (QED) is 0.844. The second-order valence-electron chi connectivity index (χ2n) is 5.75. The van der Waals surface area contributed by atoms with Crippen LogP contribution in [0.1, 0.15) is 42.7 Å². The zero-order valence-electron chi connectivity index (χ0n) is 14.6. The van der Waals surface area contributed by atoms with Gasteiger partial charge in [-0.1, -0.05) is 19.4 Å². The minimum Gasteiger partial charge on any atom is -0.326 e. The Morgan fingerprint density at radius 1 is 1.12 bits per heavy atom. The largest absolute Gasteiger partial charge is 0.326 e. The standard InChI is InChI=1S/C18H22N4O3/c1-4-5-11-22-17(24)10-9-16(21-22)18(25)20-15-8-6-7-14(12(15)2)19-13(3)23/h6-10H,4-5,11H2,1-3H3,(H,19,23)(H,20,25). The Morgan fingerprint density at radius 2 is 1.80 bits per heavy atom. The molecule has 25 heavy (non-hydrogen) atoms. The van der Waals surface area contributed by atoms with Crippen molar-refractivity contribution >= 4 is 23.2 Å². The van der Waals surface area contributed by atoms with Gasteiger partial charge in [0, 0.05) is 30.9 Å². The van der Waals surface area contributed by atoms with Gasteiger partial charge < -0.3 is 10.6 Å². The van der Waals surface area contributed by atoms with Gasteiger partial charge in [0.2, 0.25) is 5.91 Å². The highest BCUT2D eigenvalue weighted by Crippen LogP contribution is 2.23. The molecule has 132 valence electrons. The molecule has 0 saturated carbocycles. The summed E-state index contributed by atoms with van der Waals surface area (Å²) in [6.07, 6.45) is 1.75. The summed E-state index contributed by atoms with van der Waals surface area (Å²) in [5.41, 5.74) is 1.88. The fourth-order valence-electron chi connectivity index (χ4n) is 2.32. The van der Waals surface area contributed by atoms with Crippen LogP contribution >= 0.6 is 0 Å². The van der Waals surface area contributed by atoms with Crippen LogP contribution in [0.15, 0.2) is 35.1 Å². The SMILES string of the molecule is CCCCn1nc(C(=O)Nc2cccc(NC(C)=O)c2C)ccc1=O. The maximum Gasteiger partial charge on any atom is 0.276 e. The number of nitrogens with zero attached hydrogens (tertiary/aromatic N) is 2. The molecule has 2 rings (SSSR count). The maximum atomic E-state index is 12.5. The molecule has 0 spiro atoms. The molecule has 2 amide bonds. The van der Waals surface area contributed by atoms with Gasteiger partial charge in [-0.25, -0.2) is 4.68 Å². The van der Waals surface area contributed by atoms with Crippen LogP contribution in [-0.4, -0.2) is 21.6 Å². The van der Waals surface area contributed by atoms with E-state index in [9.17, 15) is 14.4 Å². The third kappa shape index (κ3) is 4.76. The van der Waals surface area contributed by atoms with Crippen molar-refractivity contribution in [3.63, 3.8) is 0 Å². The highest BCUT2D eigenvalue weighted by molar-refractivity contribution is 6.04. The maximum absolute atomic E-state index is 12.5. The monoisotopic (exact) mass is 342 g/mol. The summed E-state index contributed by atoms with van der Waals surface area (Å²) in [5.74, 6) is -0.593. The summed E-state index contributed by atoms with van der Waals surface area (Å²) in [6, 6.07) is 8.00. The number of hydrogen-bond donors (Lipinski definition) is 2. The molecule has 0 saturated heterocycles. The molecule has 1 heterocycles. The molecular formula is C18H22N4O3. The van der Waals surface area contributed by atoms with Crippen LogP contribution in [0, 0.1) is 6.92 Å². The van der Waals surface area contributed by atoms with Crippen LogP contribution in [0.4, 0.5) is 11.4 Å². The molecule has 0 aliphatic heterocycles. The second kappa shape index (κ2) is 8.23. The average molecular weight is 342 g/mol. The fraction of sp³-hybridized carbons (Fsp3) is 0.333. The van der Waals surface area contributed by atoms with Crippen molar-refractivity contribution in [3.05, 3.63) is 51.9 Å². The number of hydrogen-bond acceptors (Lipinski definition) is 4. The van der Waals surface area contributed by atoms with E-state index in [0.29, 0.717) is 17.9 Å². The Labute approximate surface area is 146 Å². The highest BCUT2D eigenvalue weighted by Gasteiger charge is 2.13. The Hall–Kier alpha value is -2.96. The number of benzene rings is 1. The smallest absolute Gasteiger partial charge is 0.276 e. The fourth-order valence-corrected chi connectivity index (χ4v) is 2.32. The van der Waals surface area contributed by atoms with Gasteiger partial charge in [-0.2, -0.15) is 5.10 Å². The van der Waals surface area contributed by atoms with E-state index >= 15 is 0 Å². The Morgan fingerprint density at radius 3 is 2.44 bits per heavy atom. The van der Waals surface area contributed by atoms with Gasteiger partial charge in [0.15, 0.2) is 0 Å². The highest BCUT2D eigenvalue weighted by atomic mass is 16.2. The van der Waals surface area contributed by atoms with E-state index < -0.39 is 5.91 Å². The molecule has 2 N–H and O–H groups in total. The lowest BCUT2D eigenvalue weighted by Gasteiger charge is -2.13. The van der Waals surface area contributed by atoms with Crippen molar-refractivity contribution in [2.75, 3.05) is 10.6 Å². The zero-order chi connectivity index (χ0) is 18.4. The molecular weight excluding hydrogens is 320 g/mol. The van der Waals surface area contributed by atoms with Gasteiger partial charge in [0.25, 0.3) is 11.5 Å². The van der Waals surface area contributed by atoms with Crippen LogP contribution in [-0.2, 0) is 11.3 Å². The summed E-state index contributed by atoms with van der Waals surface area (Å²) in [6.45, 7) is 5.73. The van der Waals surface area contributed by atoms with Crippen LogP contribution < -0.4 is 16.2 Å². The third-order valence-corrected chi connectivity index (χ3v) is 3.72. The number of aromatic nitrogens is 2. The first-order valence-corrected chi connectivity index (χ1v) is 8.19. The molecule has 0 radical (unpaired) electrons.